The van der Waals surface area contributed by atoms with Crippen molar-refractivity contribution in [1.29, 1.82) is 0 Å². The van der Waals surface area contributed by atoms with Crippen LogP contribution in [-0.2, 0) is 17.7 Å². The van der Waals surface area contributed by atoms with E-state index in [1.54, 1.807) is 0 Å². The van der Waals surface area contributed by atoms with Crippen LogP contribution >= 0.6 is 12.4 Å². The van der Waals surface area contributed by atoms with E-state index in [0.29, 0.717) is 5.56 Å². The maximum atomic E-state index is 11.5. The zero-order valence-electron chi connectivity index (χ0n) is 9.50. The molecule has 3 nitrogen and oxygen atoms in total. The predicted octanol–water partition coefficient (Wildman–Crippen LogP) is 1.85. The fourth-order valence-electron chi connectivity index (χ4n) is 2.09. The molecule has 0 saturated heterocycles. The van der Waals surface area contributed by atoms with Crippen LogP contribution in [0, 0.1) is 6.92 Å². The van der Waals surface area contributed by atoms with Crippen LogP contribution in [0.15, 0.2) is 12.1 Å². The highest BCUT2D eigenvalue weighted by Crippen LogP contribution is 2.22. The van der Waals surface area contributed by atoms with Gasteiger partial charge in [0.1, 0.15) is 0 Å². The molecule has 0 spiro atoms. The van der Waals surface area contributed by atoms with Gasteiger partial charge in [-0.3, -0.25) is 0 Å². The average molecular weight is 242 g/mol. The molecule has 0 saturated carbocycles. The molecule has 1 N–H and O–H groups in total. The molecule has 1 aromatic carbocycles. The summed E-state index contributed by atoms with van der Waals surface area (Å²) >= 11 is 0. The Kier molecular flexibility index (Phi) is 4.33. The van der Waals surface area contributed by atoms with Crippen LogP contribution in [0.3, 0.4) is 0 Å². The molecule has 0 radical (unpaired) electrons. The minimum absolute atomic E-state index is 0. The number of halogens is 1. The zero-order chi connectivity index (χ0) is 10.8. The first-order chi connectivity index (χ1) is 7.24. The van der Waals surface area contributed by atoms with Gasteiger partial charge in [-0.2, -0.15) is 0 Å². The van der Waals surface area contributed by atoms with E-state index in [-0.39, 0.29) is 18.4 Å². The summed E-state index contributed by atoms with van der Waals surface area (Å²) in [6, 6.07) is 3.85. The second-order valence-electron chi connectivity index (χ2n) is 3.81. The average Bonchev–Trinajstić information content (AvgIpc) is 2.29. The molecule has 1 aromatic rings. The minimum atomic E-state index is -0.241. The van der Waals surface area contributed by atoms with E-state index < -0.39 is 0 Å². The number of methoxy groups -OCH3 is 1. The Hall–Kier alpha value is -1.06. The van der Waals surface area contributed by atoms with Gasteiger partial charge in [0.25, 0.3) is 0 Å². The summed E-state index contributed by atoms with van der Waals surface area (Å²) in [6.45, 7) is 3.84. The Morgan fingerprint density at radius 2 is 2.12 bits per heavy atom. The van der Waals surface area contributed by atoms with E-state index in [0.717, 1.165) is 25.1 Å². The van der Waals surface area contributed by atoms with E-state index >= 15 is 0 Å². The first-order valence-corrected chi connectivity index (χ1v) is 5.14. The van der Waals surface area contributed by atoms with Crippen molar-refractivity contribution >= 4 is 18.4 Å². The summed E-state index contributed by atoms with van der Waals surface area (Å²) < 4.78 is 4.78. The monoisotopic (exact) mass is 241 g/mol. The quantitative estimate of drug-likeness (QED) is 0.763. The Morgan fingerprint density at radius 3 is 2.81 bits per heavy atom. The summed E-state index contributed by atoms with van der Waals surface area (Å²) in [6.07, 6.45) is 0.992. The molecule has 16 heavy (non-hydrogen) atoms. The molecule has 88 valence electrons. The SMILES string of the molecule is COC(=O)c1ccc(C)c2c1CNCC2.Cl. The number of hydrogen-bond donors (Lipinski definition) is 1. The van der Waals surface area contributed by atoms with Crippen LogP contribution in [0.4, 0.5) is 0 Å². The molecule has 1 aliphatic rings. The van der Waals surface area contributed by atoms with Crippen molar-refractivity contribution in [2.45, 2.75) is 19.9 Å². The number of aryl methyl sites for hydroxylation is 1. The summed E-state index contributed by atoms with van der Waals surface area (Å²) in [5.74, 6) is -0.241. The number of fused-ring (bicyclic) bond motifs is 1. The maximum absolute atomic E-state index is 11.5. The first-order valence-electron chi connectivity index (χ1n) is 5.14. The molecule has 2 rings (SSSR count). The molecule has 4 heteroatoms. The third-order valence-corrected chi connectivity index (χ3v) is 2.92. The topological polar surface area (TPSA) is 38.3 Å². The van der Waals surface area contributed by atoms with Crippen LogP contribution in [0.1, 0.15) is 27.0 Å². The molecule has 0 aromatic heterocycles. The van der Waals surface area contributed by atoms with Crippen LogP contribution < -0.4 is 5.32 Å². The lowest BCUT2D eigenvalue weighted by Crippen LogP contribution is -2.26. The highest BCUT2D eigenvalue weighted by atomic mass is 35.5. The van der Waals surface area contributed by atoms with Gasteiger partial charge in [0.2, 0.25) is 0 Å². The van der Waals surface area contributed by atoms with Gasteiger partial charge in [0.05, 0.1) is 12.7 Å². The molecule has 0 fully saturated rings. The normalized spacial score (nSPS) is 13.6. The number of carbonyl (C=O) groups excluding carboxylic acids is 1. The van der Waals surface area contributed by atoms with E-state index in [4.69, 9.17) is 4.74 Å². The summed E-state index contributed by atoms with van der Waals surface area (Å²) in [5.41, 5.74) is 4.37. The number of nitrogens with one attached hydrogen (secondary N) is 1. The Bertz CT molecular complexity index is 404. The van der Waals surface area contributed by atoms with E-state index in [9.17, 15) is 4.79 Å². The Labute approximate surface area is 102 Å². The van der Waals surface area contributed by atoms with Crippen LogP contribution in [0.25, 0.3) is 0 Å². The van der Waals surface area contributed by atoms with Gasteiger partial charge in [0.15, 0.2) is 0 Å². The zero-order valence-corrected chi connectivity index (χ0v) is 10.3. The number of rotatable bonds is 1. The number of ether oxygens (including phenoxy) is 1. The number of esters is 1. The lowest BCUT2D eigenvalue weighted by Gasteiger charge is -2.21. The summed E-state index contributed by atoms with van der Waals surface area (Å²) in [5, 5.41) is 3.28. The van der Waals surface area contributed by atoms with E-state index in [1.807, 2.05) is 12.1 Å². The van der Waals surface area contributed by atoms with Crippen LogP contribution in [0.5, 0.6) is 0 Å². The van der Waals surface area contributed by atoms with Gasteiger partial charge in [0, 0.05) is 6.54 Å². The van der Waals surface area contributed by atoms with Crippen LogP contribution in [0.2, 0.25) is 0 Å². The Balaban J connectivity index is 0.00000128. The maximum Gasteiger partial charge on any atom is 0.338 e. The fraction of sp³-hybridized carbons (Fsp3) is 0.417. The van der Waals surface area contributed by atoms with Crippen LogP contribution in [-0.4, -0.2) is 19.6 Å². The second kappa shape index (κ2) is 5.32. The van der Waals surface area contributed by atoms with Gasteiger partial charge in [-0.05, 0) is 42.6 Å². The number of carbonyl (C=O) groups is 1. The molecule has 0 atom stereocenters. The summed E-state index contributed by atoms with van der Waals surface area (Å²) in [7, 11) is 1.42. The van der Waals surface area contributed by atoms with Gasteiger partial charge in [-0.25, -0.2) is 4.79 Å². The molecule has 0 unspecified atom stereocenters. The standard InChI is InChI=1S/C12H15NO2.ClH/c1-8-3-4-10(12(14)15-2)11-7-13-6-5-9(8)11;/h3-4,13H,5-7H2,1-2H3;1H. The minimum Gasteiger partial charge on any atom is -0.465 e. The number of benzene rings is 1. The summed E-state index contributed by atoms with van der Waals surface area (Å²) in [4.78, 5) is 11.5. The van der Waals surface area contributed by atoms with Crippen molar-refractivity contribution in [3.05, 3.63) is 34.4 Å². The van der Waals surface area contributed by atoms with Crippen molar-refractivity contribution < 1.29 is 9.53 Å². The highest BCUT2D eigenvalue weighted by molar-refractivity contribution is 5.91. The second-order valence-corrected chi connectivity index (χ2v) is 3.81. The van der Waals surface area contributed by atoms with Crippen molar-refractivity contribution in [1.82, 2.24) is 5.32 Å². The first kappa shape index (κ1) is 13.0. The van der Waals surface area contributed by atoms with Gasteiger partial charge in [-0.15, -0.1) is 12.4 Å². The lowest BCUT2D eigenvalue weighted by molar-refractivity contribution is 0.0599. The van der Waals surface area contributed by atoms with Crippen molar-refractivity contribution in [2.75, 3.05) is 13.7 Å². The lowest BCUT2D eigenvalue weighted by atomic mass is 9.92. The van der Waals surface area contributed by atoms with Gasteiger partial charge in [-0.1, -0.05) is 6.07 Å². The predicted molar refractivity (Wildman–Crippen MR) is 65.2 cm³/mol. The smallest absolute Gasteiger partial charge is 0.338 e. The fourth-order valence-corrected chi connectivity index (χ4v) is 2.09. The number of hydrogen-bond acceptors (Lipinski definition) is 3. The van der Waals surface area contributed by atoms with Crippen molar-refractivity contribution in [3.8, 4) is 0 Å². The molecular weight excluding hydrogens is 226 g/mol. The molecule has 0 bridgehead atoms. The van der Waals surface area contributed by atoms with Gasteiger partial charge >= 0.3 is 5.97 Å². The molecule has 1 heterocycles. The largest absolute Gasteiger partial charge is 0.465 e. The molecule has 0 amide bonds. The third-order valence-electron chi connectivity index (χ3n) is 2.92. The molecular formula is C12H16ClNO2. The molecule has 0 aliphatic carbocycles. The third kappa shape index (κ3) is 2.20. The molecule has 1 aliphatic heterocycles. The van der Waals surface area contributed by atoms with E-state index in [2.05, 4.69) is 12.2 Å². The van der Waals surface area contributed by atoms with Gasteiger partial charge < -0.3 is 10.1 Å². The van der Waals surface area contributed by atoms with Crippen molar-refractivity contribution in [3.63, 3.8) is 0 Å². The van der Waals surface area contributed by atoms with Crippen molar-refractivity contribution in [2.24, 2.45) is 0 Å². The Morgan fingerprint density at radius 1 is 1.38 bits per heavy atom. The van der Waals surface area contributed by atoms with E-state index in [1.165, 1.54) is 18.2 Å². The highest BCUT2D eigenvalue weighted by Gasteiger charge is 2.19.